The third kappa shape index (κ3) is 12.8. The number of hydrogen-bond donors (Lipinski definition) is 0. The van der Waals surface area contributed by atoms with Gasteiger partial charge < -0.3 is 4.90 Å². The maximum atomic E-state index is 5.79. The predicted molar refractivity (Wildman–Crippen MR) is 65.7 cm³/mol. The van der Waals surface area contributed by atoms with Crippen LogP contribution in [0.5, 0.6) is 0 Å². The van der Waals surface area contributed by atoms with Crippen LogP contribution in [-0.2, 0) is 0 Å². The zero-order valence-electron chi connectivity index (χ0n) is 9.65. The molecule has 0 fully saturated rings. The molecule has 13 heavy (non-hydrogen) atoms. The minimum absolute atomic E-state index is 0.688. The lowest BCUT2D eigenvalue weighted by Crippen LogP contribution is -2.21. The van der Waals surface area contributed by atoms with Gasteiger partial charge in [-0.25, -0.2) is 0 Å². The van der Waals surface area contributed by atoms with Gasteiger partial charge in [0, 0.05) is 0 Å². The standard InChI is InChI=1S/C6H14N.2C2H5.Al.ClH/c1-4-7(5-2)6-3;2*1-2;;/h1,4-6H2,2-3H3;2*1H2,2H3;;1H/q;;;+1;/p-1. The van der Waals surface area contributed by atoms with Gasteiger partial charge in [-0.2, -0.15) is 0 Å². The van der Waals surface area contributed by atoms with E-state index >= 15 is 0 Å². The lowest BCUT2D eigenvalue weighted by Gasteiger charge is -2.13. The van der Waals surface area contributed by atoms with Crippen molar-refractivity contribution in [1.29, 1.82) is 0 Å². The second kappa shape index (κ2) is 12.8. The molecular formula is C10H24AlClN. The average molecular weight is 221 g/mol. The summed E-state index contributed by atoms with van der Waals surface area (Å²) < 4.78 is 0. The number of hydrogen-bond acceptors (Lipinski definition) is 1. The van der Waals surface area contributed by atoms with E-state index < -0.39 is 13.2 Å². The molecule has 0 spiro atoms. The van der Waals surface area contributed by atoms with Crippen molar-refractivity contribution in [1.82, 2.24) is 4.90 Å². The Hall–Kier alpha value is 0.782. The summed E-state index contributed by atoms with van der Waals surface area (Å²) in [5.74, 6) is 0. The Kier molecular flexibility index (Phi) is 15.9. The van der Waals surface area contributed by atoms with Crippen LogP contribution in [0.3, 0.4) is 0 Å². The summed E-state index contributed by atoms with van der Waals surface area (Å²) in [6.07, 6.45) is 0. The molecule has 0 atom stereocenters. The molecule has 0 aliphatic carbocycles. The molecule has 1 radical (unpaired) electrons. The van der Waals surface area contributed by atoms with Crippen molar-refractivity contribution in [3.8, 4) is 0 Å². The Morgan fingerprint density at radius 3 is 1.46 bits per heavy atom. The minimum atomic E-state index is -0.688. The van der Waals surface area contributed by atoms with Crippen molar-refractivity contribution in [2.45, 2.75) is 38.3 Å². The highest BCUT2D eigenvalue weighted by molar-refractivity contribution is 7.06. The van der Waals surface area contributed by atoms with Crippen molar-refractivity contribution >= 4 is 23.3 Å². The largest absolute Gasteiger partial charge is 0.399 e. The number of nitrogens with zero attached hydrogens (tertiary/aromatic N) is 1. The van der Waals surface area contributed by atoms with Crippen LogP contribution in [0.25, 0.3) is 0 Å². The number of halogens is 1. The van der Waals surface area contributed by atoms with E-state index in [0.717, 1.165) is 19.6 Å². The molecule has 79 valence electrons. The van der Waals surface area contributed by atoms with Crippen LogP contribution in [0.2, 0.25) is 10.6 Å². The first-order valence-corrected chi connectivity index (χ1v) is 8.69. The topological polar surface area (TPSA) is 3.24 Å². The van der Waals surface area contributed by atoms with E-state index in [4.69, 9.17) is 10.0 Å². The van der Waals surface area contributed by atoms with Gasteiger partial charge in [0.05, 0.1) is 0 Å². The Balaban J connectivity index is 0. The molecule has 0 aromatic heterocycles. The molecule has 0 N–H and O–H groups in total. The Morgan fingerprint density at radius 2 is 1.46 bits per heavy atom. The van der Waals surface area contributed by atoms with Crippen molar-refractivity contribution < 1.29 is 0 Å². The fraction of sp³-hybridized carbons (Fsp3) is 0.900. The van der Waals surface area contributed by atoms with Crippen LogP contribution in [0, 0.1) is 6.92 Å². The van der Waals surface area contributed by atoms with E-state index in [1.165, 1.54) is 10.6 Å². The first-order chi connectivity index (χ1) is 6.15. The molecule has 3 heteroatoms. The van der Waals surface area contributed by atoms with Gasteiger partial charge in [0.25, 0.3) is 0 Å². The highest BCUT2D eigenvalue weighted by atomic mass is 35.6. The summed E-state index contributed by atoms with van der Waals surface area (Å²) in [7, 11) is 5.79. The predicted octanol–water partition coefficient (Wildman–Crippen LogP) is 3.42. The second-order valence-electron chi connectivity index (χ2n) is 2.94. The van der Waals surface area contributed by atoms with E-state index in [0.29, 0.717) is 0 Å². The lowest BCUT2D eigenvalue weighted by atomic mass is 10.5. The van der Waals surface area contributed by atoms with E-state index in [9.17, 15) is 0 Å². The normalized spacial score (nSPS) is 9.46. The molecule has 0 saturated carbocycles. The van der Waals surface area contributed by atoms with Gasteiger partial charge in [-0.05, 0) is 26.6 Å². The fourth-order valence-electron chi connectivity index (χ4n) is 0.829. The van der Waals surface area contributed by atoms with Gasteiger partial charge >= 0.3 is 13.2 Å². The van der Waals surface area contributed by atoms with E-state index in [2.05, 4.69) is 39.5 Å². The van der Waals surface area contributed by atoms with Crippen molar-refractivity contribution in [3.05, 3.63) is 6.92 Å². The zero-order chi connectivity index (χ0) is 10.7. The quantitative estimate of drug-likeness (QED) is 0.642. The third-order valence-corrected chi connectivity index (χ3v) is 5.72. The molecule has 0 rings (SSSR count). The molecule has 0 heterocycles. The molecule has 0 aromatic rings. The van der Waals surface area contributed by atoms with Crippen molar-refractivity contribution in [2.24, 2.45) is 0 Å². The van der Waals surface area contributed by atoms with E-state index in [1.54, 1.807) is 0 Å². The van der Waals surface area contributed by atoms with E-state index in [-0.39, 0.29) is 0 Å². The van der Waals surface area contributed by atoms with Crippen molar-refractivity contribution in [2.75, 3.05) is 19.6 Å². The molecule has 1 nitrogen and oxygen atoms in total. The first-order valence-electron chi connectivity index (χ1n) is 5.31. The Morgan fingerprint density at radius 1 is 1.08 bits per heavy atom. The van der Waals surface area contributed by atoms with Crippen molar-refractivity contribution in [3.63, 3.8) is 0 Å². The van der Waals surface area contributed by atoms with Gasteiger partial charge in [0.15, 0.2) is 0 Å². The summed E-state index contributed by atoms with van der Waals surface area (Å²) in [6.45, 7) is 15.6. The highest BCUT2D eigenvalue weighted by Crippen LogP contribution is 2.00. The molecule has 0 aliphatic rings. The maximum Gasteiger partial charge on any atom is 0.399 e. The van der Waals surface area contributed by atoms with Crippen LogP contribution in [0.1, 0.15) is 27.7 Å². The molecule has 0 bridgehead atoms. The molecule has 0 saturated heterocycles. The lowest BCUT2D eigenvalue weighted by molar-refractivity contribution is 0.336. The summed E-state index contributed by atoms with van der Waals surface area (Å²) in [6, 6.07) is 0. The van der Waals surface area contributed by atoms with E-state index in [1.807, 2.05) is 0 Å². The van der Waals surface area contributed by atoms with Crippen LogP contribution >= 0.6 is 10.0 Å². The molecule has 0 unspecified atom stereocenters. The zero-order valence-corrected chi connectivity index (χ0v) is 11.6. The van der Waals surface area contributed by atoms with Crippen LogP contribution in [0.15, 0.2) is 0 Å². The average Bonchev–Trinajstić information content (AvgIpc) is 2.20. The van der Waals surface area contributed by atoms with Crippen LogP contribution in [0.4, 0.5) is 0 Å². The third-order valence-electron chi connectivity index (χ3n) is 2.10. The van der Waals surface area contributed by atoms with Gasteiger partial charge in [0.2, 0.25) is 0 Å². The van der Waals surface area contributed by atoms with Crippen LogP contribution in [-0.4, -0.2) is 37.8 Å². The Bertz CT molecular complexity index is 77.5. The maximum absolute atomic E-state index is 5.79. The molecule has 0 aromatic carbocycles. The summed E-state index contributed by atoms with van der Waals surface area (Å²) in [5.41, 5.74) is 0. The smallest absolute Gasteiger partial charge is 0.304 e. The fourth-order valence-corrected chi connectivity index (χ4v) is 1.41. The number of rotatable bonds is 5. The molecular weight excluding hydrogens is 197 g/mol. The van der Waals surface area contributed by atoms with Gasteiger partial charge in [0.1, 0.15) is 0 Å². The summed E-state index contributed by atoms with van der Waals surface area (Å²) in [5, 5.41) is 2.47. The second-order valence-corrected chi connectivity index (χ2v) is 7.62. The molecule has 0 amide bonds. The SMILES string of the molecule is C[CH2][Al]([Cl])[CH2]C.[CH2]CN(CC)CC. The van der Waals surface area contributed by atoms with Gasteiger partial charge in [-0.1, -0.05) is 38.3 Å². The molecule has 0 aliphatic heterocycles. The van der Waals surface area contributed by atoms with Crippen LogP contribution < -0.4 is 0 Å². The monoisotopic (exact) mass is 220 g/mol. The Labute approximate surface area is 93.0 Å². The summed E-state index contributed by atoms with van der Waals surface area (Å²) >= 11 is -0.688. The summed E-state index contributed by atoms with van der Waals surface area (Å²) in [4.78, 5) is 2.26. The minimum Gasteiger partial charge on any atom is -0.304 e. The highest BCUT2D eigenvalue weighted by Gasteiger charge is 2.04. The van der Waals surface area contributed by atoms with Gasteiger partial charge in [-0.15, -0.1) is 0 Å². The van der Waals surface area contributed by atoms with Gasteiger partial charge in [-0.3, -0.25) is 10.0 Å². The first kappa shape index (κ1) is 16.2.